The van der Waals surface area contributed by atoms with Crippen LogP contribution in [0.2, 0.25) is 5.02 Å². The van der Waals surface area contributed by atoms with E-state index in [0.717, 1.165) is 11.1 Å². The molecule has 0 saturated heterocycles. The summed E-state index contributed by atoms with van der Waals surface area (Å²) in [6, 6.07) is 15.4. The van der Waals surface area contributed by atoms with Gasteiger partial charge >= 0.3 is 0 Å². The Morgan fingerprint density at radius 3 is 2.63 bits per heavy atom. The number of benzene rings is 2. The summed E-state index contributed by atoms with van der Waals surface area (Å²) < 4.78 is 28.1. The molecule has 30 heavy (non-hydrogen) atoms. The lowest BCUT2D eigenvalue weighted by molar-refractivity contribution is 0.0785. The zero-order valence-electron chi connectivity index (χ0n) is 16.3. The van der Waals surface area contributed by atoms with E-state index in [1.807, 2.05) is 30.3 Å². The van der Waals surface area contributed by atoms with Gasteiger partial charge in [0.1, 0.15) is 4.90 Å². The highest BCUT2D eigenvalue weighted by Gasteiger charge is 2.32. The molecule has 0 fully saturated rings. The van der Waals surface area contributed by atoms with Gasteiger partial charge in [-0.2, -0.15) is 0 Å². The third-order valence-electron chi connectivity index (χ3n) is 5.11. The Morgan fingerprint density at radius 2 is 1.87 bits per heavy atom. The lowest BCUT2D eigenvalue weighted by atomic mass is 10.2. The van der Waals surface area contributed by atoms with E-state index in [1.54, 1.807) is 31.6 Å². The first-order valence-electron chi connectivity index (χ1n) is 9.42. The zero-order valence-corrected chi connectivity index (χ0v) is 17.9. The van der Waals surface area contributed by atoms with Crippen molar-refractivity contribution in [1.82, 2.24) is 9.88 Å². The van der Waals surface area contributed by atoms with Crippen LogP contribution < -0.4 is 4.31 Å². The fraction of sp³-hybridized carbons (Fsp3) is 0.182. The van der Waals surface area contributed by atoms with Crippen LogP contribution in [0.5, 0.6) is 0 Å². The Kier molecular flexibility index (Phi) is 5.49. The molecule has 2 aromatic carbocycles. The molecule has 2 heterocycles. The van der Waals surface area contributed by atoms with E-state index >= 15 is 0 Å². The van der Waals surface area contributed by atoms with Crippen molar-refractivity contribution in [3.05, 3.63) is 88.7 Å². The van der Waals surface area contributed by atoms with Crippen molar-refractivity contribution in [2.45, 2.75) is 17.9 Å². The summed E-state index contributed by atoms with van der Waals surface area (Å²) in [7, 11) is -2.23. The minimum Gasteiger partial charge on any atom is -0.337 e. The highest BCUT2D eigenvalue weighted by atomic mass is 35.5. The lowest BCUT2D eigenvalue weighted by Gasteiger charge is -2.22. The van der Waals surface area contributed by atoms with Crippen LogP contribution in [-0.2, 0) is 23.0 Å². The van der Waals surface area contributed by atoms with E-state index in [1.165, 1.54) is 21.3 Å². The first-order valence-corrected chi connectivity index (χ1v) is 11.2. The van der Waals surface area contributed by atoms with Gasteiger partial charge in [-0.1, -0.05) is 29.8 Å². The molecule has 0 unspecified atom stereocenters. The lowest BCUT2D eigenvalue weighted by Crippen LogP contribution is -2.30. The number of hydrogen-bond acceptors (Lipinski definition) is 4. The van der Waals surface area contributed by atoms with Gasteiger partial charge in [-0.25, -0.2) is 8.42 Å². The molecule has 1 aliphatic heterocycles. The molecule has 4 rings (SSSR count). The number of sulfonamides is 1. The zero-order chi connectivity index (χ0) is 21.3. The number of halogens is 1. The summed E-state index contributed by atoms with van der Waals surface area (Å²) in [5, 5.41) is 0.0905. The number of nitrogens with zero attached hydrogens (tertiary/aromatic N) is 3. The molecule has 0 radical (unpaired) electrons. The van der Waals surface area contributed by atoms with Crippen LogP contribution in [0.4, 0.5) is 5.69 Å². The second-order valence-corrected chi connectivity index (χ2v) is 9.36. The van der Waals surface area contributed by atoms with Crippen LogP contribution in [-0.4, -0.2) is 37.8 Å². The van der Waals surface area contributed by atoms with E-state index in [4.69, 9.17) is 11.6 Å². The van der Waals surface area contributed by atoms with Gasteiger partial charge < -0.3 is 4.90 Å². The van der Waals surface area contributed by atoms with E-state index in [-0.39, 0.29) is 21.4 Å². The number of carbonyl (C=O) groups excluding carboxylic acids is 1. The molecule has 0 bridgehead atoms. The molecule has 1 amide bonds. The van der Waals surface area contributed by atoms with Crippen LogP contribution in [0, 0.1) is 0 Å². The largest absolute Gasteiger partial charge is 0.337 e. The number of aromatic nitrogens is 1. The van der Waals surface area contributed by atoms with Gasteiger partial charge in [-0.15, -0.1) is 0 Å². The molecule has 0 saturated carbocycles. The maximum atomic E-state index is 13.4. The number of pyridine rings is 1. The topological polar surface area (TPSA) is 70.6 Å². The molecule has 0 spiro atoms. The van der Waals surface area contributed by atoms with Crippen LogP contribution in [0.3, 0.4) is 0 Å². The van der Waals surface area contributed by atoms with Crippen LogP contribution >= 0.6 is 11.6 Å². The number of hydrogen-bond donors (Lipinski definition) is 0. The number of rotatable bonds is 5. The normalized spacial score (nSPS) is 13.2. The van der Waals surface area contributed by atoms with Crippen molar-refractivity contribution < 1.29 is 13.2 Å². The molecule has 1 aromatic heterocycles. The number of carbonyl (C=O) groups is 1. The van der Waals surface area contributed by atoms with Gasteiger partial charge in [0.2, 0.25) is 0 Å². The first kappa shape index (κ1) is 20.4. The van der Waals surface area contributed by atoms with Gasteiger partial charge in [-0.3, -0.25) is 14.1 Å². The molecular weight excluding hydrogens is 422 g/mol. The average molecular weight is 442 g/mol. The summed E-state index contributed by atoms with van der Waals surface area (Å²) in [5.41, 5.74) is 2.82. The Labute approximate surface area is 180 Å². The van der Waals surface area contributed by atoms with Gasteiger partial charge in [0.25, 0.3) is 15.9 Å². The van der Waals surface area contributed by atoms with Crippen molar-refractivity contribution >= 4 is 33.2 Å². The van der Waals surface area contributed by atoms with E-state index in [0.29, 0.717) is 25.2 Å². The summed E-state index contributed by atoms with van der Waals surface area (Å²) in [5.74, 6) is -0.290. The monoisotopic (exact) mass is 441 g/mol. The number of fused-ring (bicyclic) bond motifs is 1. The Balaban J connectivity index is 1.64. The maximum absolute atomic E-state index is 13.4. The quantitative estimate of drug-likeness (QED) is 0.604. The van der Waals surface area contributed by atoms with Gasteiger partial charge in [0.05, 0.1) is 10.7 Å². The van der Waals surface area contributed by atoms with Crippen molar-refractivity contribution in [1.29, 1.82) is 0 Å². The fourth-order valence-corrected chi connectivity index (χ4v) is 5.57. The van der Waals surface area contributed by atoms with Crippen molar-refractivity contribution in [2.75, 3.05) is 17.9 Å². The van der Waals surface area contributed by atoms with Crippen LogP contribution in [0.1, 0.15) is 21.5 Å². The second kappa shape index (κ2) is 8.08. The summed E-state index contributed by atoms with van der Waals surface area (Å²) >= 11 is 6.26. The Hall–Kier alpha value is -2.90. The SMILES string of the molecule is CN(Cc1ccncc1)C(=O)c1ccc(Cl)c(S(=O)(=O)N2CCc3ccccc32)c1. The third-order valence-corrected chi connectivity index (χ3v) is 7.40. The smallest absolute Gasteiger partial charge is 0.265 e. The van der Waals surface area contributed by atoms with Gasteiger partial charge in [0, 0.05) is 38.1 Å². The maximum Gasteiger partial charge on any atom is 0.265 e. The van der Waals surface area contributed by atoms with E-state index in [9.17, 15) is 13.2 Å². The minimum atomic E-state index is -3.90. The predicted octanol–water partition coefficient (Wildman–Crippen LogP) is 3.76. The van der Waals surface area contributed by atoms with E-state index in [2.05, 4.69) is 4.98 Å². The second-order valence-electron chi connectivity index (χ2n) is 7.12. The van der Waals surface area contributed by atoms with Crippen molar-refractivity contribution in [2.24, 2.45) is 0 Å². The van der Waals surface area contributed by atoms with Gasteiger partial charge in [-0.05, 0) is 53.9 Å². The highest BCUT2D eigenvalue weighted by molar-refractivity contribution is 7.93. The molecule has 0 atom stereocenters. The molecule has 3 aromatic rings. The Morgan fingerprint density at radius 1 is 1.13 bits per heavy atom. The summed E-state index contributed by atoms with van der Waals surface area (Å²) in [6.45, 7) is 0.726. The average Bonchev–Trinajstić information content (AvgIpc) is 3.19. The molecule has 0 N–H and O–H groups in total. The first-order chi connectivity index (χ1) is 14.4. The third kappa shape index (κ3) is 3.78. The Bertz CT molecular complexity index is 1200. The number of anilines is 1. The molecule has 8 heteroatoms. The summed E-state index contributed by atoms with van der Waals surface area (Å²) in [4.78, 5) is 18.3. The molecule has 1 aliphatic rings. The van der Waals surface area contributed by atoms with Gasteiger partial charge in [0.15, 0.2) is 0 Å². The van der Waals surface area contributed by atoms with Crippen LogP contribution in [0.15, 0.2) is 71.9 Å². The van der Waals surface area contributed by atoms with Crippen LogP contribution in [0.25, 0.3) is 0 Å². The summed E-state index contributed by atoms with van der Waals surface area (Å²) in [6.07, 6.45) is 3.96. The molecule has 6 nitrogen and oxygen atoms in total. The number of para-hydroxylation sites is 1. The van der Waals surface area contributed by atoms with E-state index < -0.39 is 10.0 Å². The predicted molar refractivity (Wildman–Crippen MR) is 116 cm³/mol. The highest BCUT2D eigenvalue weighted by Crippen LogP contribution is 2.35. The van der Waals surface area contributed by atoms with Crippen molar-refractivity contribution in [3.63, 3.8) is 0 Å². The molecule has 0 aliphatic carbocycles. The minimum absolute atomic E-state index is 0.0657. The van der Waals surface area contributed by atoms with Crippen molar-refractivity contribution in [3.8, 4) is 0 Å². The molecule has 154 valence electrons. The number of amides is 1. The standard InChI is InChI=1S/C22H20ClN3O3S/c1-25(15-16-8-11-24-12-9-16)22(27)18-6-7-19(23)21(14-18)30(28,29)26-13-10-17-4-2-3-5-20(17)26/h2-9,11-12,14H,10,13,15H2,1H3. The molecular formula is C22H20ClN3O3S. The fourth-order valence-electron chi connectivity index (χ4n) is 3.56.